The molecule has 0 radical (unpaired) electrons. The molecular formula is C18H19ClN2O. The van der Waals surface area contributed by atoms with E-state index in [1.165, 1.54) is 0 Å². The molecule has 0 unspecified atom stereocenters. The van der Waals surface area contributed by atoms with E-state index < -0.39 is 0 Å². The fraction of sp³-hybridized carbons (Fsp3) is 0.278. The van der Waals surface area contributed by atoms with E-state index in [2.05, 4.69) is 24.0 Å². The Balaban J connectivity index is 2.21. The van der Waals surface area contributed by atoms with E-state index in [0.29, 0.717) is 12.3 Å². The Morgan fingerprint density at radius 3 is 2.36 bits per heavy atom. The Morgan fingerprint density at radius 1 is 1.05 bits per heavy atom. The first-order chi connectivity index (χ1) is 10.8. The van der Waals surface area contributed by atoms with Gasteiger partial charge in [0, 0.05) is 25.4 Å². The van der Waals surface area contributed by atoms with Crippen LogP contribution in [0.25, 0.3) is 0 Å². The summed E-state index contributed by atoms with van der Waals surface area (Å²) in [6.45, 7) is 3.83. The van der Waals surface area contributed by atoms with Gasteiger partial charge in [-0.3, -0.25) is 9.69 Å². The summed E-state index contributed by atoms with van der Waals surface area (Å²) in [6.07, 6.45) is 0.330. The van der Waals surface area contributed by atoms with Crippen molar-refractivity contribution in [2.75, 3.05) is 22.2 Å². The second-order valence-corrected chi connectivity index (χ2v) is 5.68. The topological polar surface area (TPSA) is 23.6 Å². The minimum absolute atomic E-state index is 0.0350. The first-order valence-electron chi connectivity index (χ1n) is 7.57. The van der Waals surface area contributed by atoms with Crippen molar-refractivity contribution in [3.63, 3.8) is 0 Å². The lowest BCUT2D eigenvalue weighted by Crippen LogP contribution is -2.26. The number of hydrogen-bond acceptors (Lipinski definition) is 2. The molecule has 0 fully saturated rings. The lowest BCUT2D eigenvalue weighted by Gasteiger charge is -2.26. The SMILES string of the molecule is CCN1Cc2ccccc2N(C(=O)CCCl)c2ccccc21. The summed E-state index contributed by atoms with van der Waals surface area (Å²) in [5, 5.41) is 0. The highest BCUT2D eigenvalue weighted by atomic mass is 35.5. The fourth-order valence-electron chi connectivity index (χ4n) is 2.95. The molecule has 2 aromatic rings. The number of benzene rings is 2. The van der Waals surface area contributed by atoms with Gasteiger partial charge in [0.05, 0.1) is 17.1 Å². The maximum absolute atomic E-state index is 12.7. The van der Waals surface area contributed by atoms with Crippen LogP contribution in [0, 0.1) is 0 Å². The Morgan fingerprint density at radius 2 is 1.68 bits per heavy atom. The number of anilines is 3. The van der Waals surface area contributed by atoms with E-state index >= 15 is 0 Å². The van der Waals surface area contributed by atoms with Crippen molar-refractivity contribution in [1.82, 2.24) is 0 Å². The zero-order valence-corrected chi connectivity index (χ0v) is 13.4. The molecule has 114 valence electrons. The van der Waals surface area contributed by atoms with Crippen LogP contribution in [0.4, 0.5) is 17.1 Å². The standard InChI is InChI=1S/C18H19ClN2O/c1-2-20-13-14-7-3-4-8-15(14)21(18(22)11-12-19)17-10-6-5-9-16(17)20/h3-10H,2,11-13H2,1H3. The first-order valence-corrected chi connectivity index (χ1v) is 8.10. The van der Waals surface area contributed by atoms with Crippen molar-refractivity contribution in [3.8, 4) is 0 Å². The zero-order valence-electron chi connectivity index (χ0n) is 12.6. The number of nitrogens with zero attached hydrogens (tertiary/aromatic N) is 2. The van der Waals surface area contributed by atoms with Gasteiger partial charge in [0.2, 0.25) is 5.91 Å². The molecule has 1 heterocycles. The van der Waals surface area contributed by atoms with Gasteiger partial charge in [-0.1, -0.05) is 30.3 Å². The fourth-order valence-corrected chi connectivity index (χ4v) is 3.11. The maximum Gasteiger partial charge on any atom is 0.232 e. The predicted molar refractivity (Wildman–Crippen MR) is 92.1 cm³/mol. The van der Waals surface area contributed by atoms with Gasteiger partial charge < -0.3 is 4.90 Å². The van der Waals surface area contributed by atoms with Gasteiger partial charge in [-0.2, -0.15) is 0 Å². The van der Waals surface area contributed by atoms with Crippen LogP contribution < -0.4 is 9.80 Å². The number of alkyl halides is 1. The smallest absolute Gasteiger partial charge is 0.232 e. The van der Waals surface area contributed by atoms with Crippen molar-refractivity contribution < 1.29 is 4.79 Å². The molecule has 4 heteroatoms. The molecule has 3 rings (SSSR count). The molecule has 0 bridgehead atoms. The number of para-hydroxylation sites is 3. The van der Waals surface area contributed by atoms with Gasteiger partial charge in [-0.25, -0.2) is 0 Å². The number of carbonyl (C=O) groups excluding carboxylic acids is 1. The van der Waals surface area contributed by atoms with Gasteiger partial charge in [-0.05, 0) is 30.7 Å². The van der Waals surface area contributed by atoms with Crippen molar-refractivity contribution in [1.29, 1.82) is 0 Å². The van der Waals surface area contributed by atoms with Crippen LogP contribution in [0.2, 0.25) is 0 Å². The minimum Gasteiger partial charge on any atom is -0.366 e. The monoisotopic (exact) mass is 314 g/mol. The third-order valence-corrected chi connectivity index (χ3v) is 4.19. The summed E-state index contributed by atoms with van der Waals surface area (Å²) in [7, 11) is 0. The molecule has 0 spiro atoms. The van der Waals surface area contributed by atoms with Gasteiger partial charge >= 0.3 is 0 Å². The molecule has 3 nitrogen and oxygen atoms in total. The molecule has 22 heavy (non-hydrogen) atoms. The third kappa shape index (κ3) is 2.57. The van der Waals surface area contributed by atoms with E-state index in [-0.39, 0.29) is 5.91 Å². The molecule has 1 aliphatic rings. The molecule has 2 aromatic carbocycles. The number of amides is 1. The number of rotatable bonds is 3. The first kappa shape index (κ1) is 14.9. The molecule has 0 saturated carbocycles. The molecule has 0 saturated heterocycles. The predicted octanol–water partition coefficient (Wildman–Crippen LogP) is 4.32. The summed E-state index contributed by atoms with van der Waals surface area (Å²) < 4.78 is 0. The molecule has 0 atom stereocenters. The van der Waals surface area contributed by atoms with Gasteiger partial charge in [0.15, 0.2) is 0 Å². The summed E-state index contributed by atoms with van der Waals surface area (Å²) >= 11 is 5.81. The highest BCUT2D eigenvalue weighted by Crippen LogP contribution is 2.40. The van der Waals surface area contributed by atoms with Gasteiger partial charge in [0.25, 0.3) is 0 Å². The van der Waals surface area contributed by atoms with E-state index in [1.54, 1.807) is 0 Å². The lowest BCUT2D eigenvalue weighted by atomic mass is 10.1. The number of halogens is 1. The van der Waals surface area contributed by atoms with Crippen LogP contribution in [0.15, 0.2) is 48.5 Å². The summed E-state index contributed by atoms with van der Waals surface area (Å²) in [5.41, 5.74) is 4.14. The van der Waals surface area contributed by atoms with E-state index in [9.17, 15) is 4.79 Å². The molecule has 0 aliphatic carbocycles. The highest BCUT2D eigenvalue weighted by Gasteiger charge is 2.27. The Bertz CT molecular complexity index is 686. The van der Waals surface area contributed by atoms with E-state index in [4.69, 9.17) is 11.6 Å². The van der Waals surface area contributed by atoms with Crippen LogP contribution in [0.3, 0.4) is 0 Å². The summed E-state index contributed by atoms with van der Waals surface area (Å²) in [4.78, 5) is 16.8. The second kappa shape index (κ2) is 6.41. The quantitative estimate of drug-likeness (QED) is 0.788. The minimum atomic E-state index is 0.0350. The number of hydrogen-bond donors (Lipinski definition) is 0. The van der Waals surface area contributed by atoms with Crippen molar-refractivity contribution in [3.05, 3.63) is 54.1 Å². The van der Waals surface area contributed by atoms with Crippen LogP contribution in [0.5, 0.6) is 0 Å². The number of carbonyl (C=O) groups is 1. The average Bonchev–Trinajstić information content (AvgIpc) is 2.69. The molecular weight excluding hydrogens is 296 g/mol. The van der Waals surface area contributed by atoms with Crippen molar-refractivity contribution in [2.45, 2.75) is 19.9 Å². The average molecular weight is 315 g/mol. The van der Waals surface area contributed by atoms with Crippen molar-refractivity contribution in [2.24, 2.45) is 0 Å². The van der Waals surface area contributed by atoms with Crippen LogP contribution >= 0.6 is 11.6 Å². The van der Waals surface area contributed by atoms with Crippen LogP contribution in [-0.2, 0) is 11.3 Å². The van der Waals surface area contributed by atoms with Gasteiger partial charge in [-0.15, -0.1) is 11.6 Å². The summed E-state index contributed by atoms with van der Waals surface area (Å²) in [5.74, 6) is 0.366. The summed E-state index contributed by atoms with van der Waals surface area (Å²) in [6, 6.07) is 16.2. The third-order valence-electron chi connectivity index (χ3n) is 4.00. The molecule has 0 N–H and O–H groups in total. The highest BCUT2D eigenvalue weighted by molar-refractivity contribution is 6.20. The van der Waals surface area contributed by atoms with E-state index in [1.807, 2.05) is 41.3 Å². The van der Waals surface area contributed by atoms with Crippen molar-refractivity contribution >= 4 is 34.6 Å². The molecule has 1 aliphatic heterocycles. The Hall–Kier alpha value is -2.00. The maximum atomic E-state index is 12.7. The van der Waals surface area contributed by atoms with E-state index in [0.717, 1.165) is 35.7 Å². The number of fused-ring (bicyclic) bond motifs is 2. The Labute approximate surface area is 136 Å². The molecule has 0 aromatic heterocycles. The zero-order chi connectivity index (χ0) is 15.5. The van der Waals surface area contributed by atoms with Crippen LogP contribution in [-0.4, -0.2) is 18.3 Å². The lowest BCUT2D eigenvalue weighted by molar-refractivity contribution is -0.117. The van der Waals surface area contributed by atoms with Gasteiger partial charge in [0.1, 0.15) is 0 Å². The van der Waals surface area contributed by atoms with Crippen LogP contribution in [0.1, 0.15) is 18.9 Å². The molecule has 1 amide bonds. The Kier molecular flexibility index (Phi) is 4.34. The normalized spacial score (nSPS) is 13.4. The second-order valence-electron chi connectivity index (χ2n) is 5.30. The largest absolute Gasteiger partial charge is 0.366 e.